The van der Waals surface area contributed by atoms with Gasteiger partial charge in [0.05, 0.1) is 37.1 Å². The van der Waals surface area contributed by atoms with Crippen LogP contribution < -0.4 is 14.4 Å². The molecule has 0 aromatic heterocycles. The molecule has 0 N–H and O–H groups in total. The molecule has 0 fully saturated rings. The van der Waals surface area contributed by atoms with Gasteiger partial charge in [-0.3, -0.25) is 4.79 Å². The highest BCUT2D eigenvalue weighted by Crippen LogP contribution is 2.51. The summed E-state index contributed by atoms with van der Waals surface area (Å²) in [6.45, 7) is 7.81. The zero-order valence-corrected chi connectivity index (χ0v) is 16.8. The molecule has 1 heterocycles. The summed E-state index contributed by atoms with van der Waals surface area (Å²) in [5.74, 6) is 1.28. The maximum absolute atomic E-state index is 13.4. The number of anilines is 1. The lowest BCUT2D eigenvalue weighted by Gasteiger charge is -2.19. The van der Waals surface area contributed by atoms with E-state index >= 15 is 0 Å². The normalized spacial score (nSPS) is 13.0. The van der Waals surface area contributed by atoms with E-state index in [4.69, 9.17) is 14.2 Å². The Labute approximate surface area is 164 Å². The van der Waals surface area contributed by atoms with Crippen molar-refractivity contribution in [2.45, 2.75) is 27.4 Å². The van der Waals surface area contributed by atoms with Gasteiger partial charge in [-0.15, -0.1) is 0 Å². The minimum atomic E-state index is -0.0262. The van der Waals surface area contributed by atoms with Crippen LogP contribution in [0.3, 0.4) is 0 Å². The van der Waals surface area contributed by atoms with Gasteiger partial charge in [-0.05, 0) is 37.6 Å². The Morgan fingerprint density at radius 2 is 1.79 bits per heavy atom. The second-order valence-electron chi connectivity index (χ2n) is 6.70. The van der Waals surface area contributed by atoms with Gasteiger partial charge in [-0.2, -0.15) is 0 Å². The predicted octanol–water partition coefficient (Wildman–Crippen LogP) is 4.92. The number of carbonyl (C=O) groups excluding carboxylic acids is 1. The van der Waals surface area contributed by atoms with Crippen molar-refractivity contribution in [2.75, 3.05) is 31.8 Å². The fourth-order valence-electron chi connectivity index (χ4n) is 4.18. The molecule has 0 unspecified atom stereocenters. The third kappa shape index (κ3) is 2.53. The molecule has 146 valence electrons. The molecular weight excluding hydrogens is 354 g/mol. The van der Waals surface area contributed by atoms with Gasteiger partial charge in [0.25, 0.3) is 5.91 Å². The van der Waals surface area contributed by atoms with Crippen molar-refractivity contribution in [3.8, 4) is 11.5 Å². The van der Waals surface area contributed by atoms with Gasteiger partial charge >= 0.3 is 0 Å². The number of ether oxygens (including phenoxy) is 3. The number of nitrogens with zero attached hydrogens (tertiary/aromatic N) is 1. The lowest BCUT2D eigenvalue weighted by molar-refractivity contribution is 0.0989. The van der Waals surface area contributed by atoms with Crippen LogP contribution in [0.15, 0.2) is 30.3 Å². The van der Waals surface area contributed by atoms with Gasteiger partial charge in [0.2, 0.25) is 0 Å². The molecule has 0 saturated heterocycles. The highest BCUT2D eigenvalue weighted by Gasteiger charge is 2.37. The highest BCUT2D eigenvalue weighted by atomic mass is 16.5. The molecule has 0 atom stereocenters. The number of hydrogen-bond acceptors (Lipinski definition) is 4. The van der Waals surface area contributed by atoms with Gasteiger partial charge in [-0.1, -0.05) is 24.3 Å². The first-order valence-corrected chi connectivity index (χ1v) is 9.78. The largest absolute Gasteiger partial charge is 0.496 e. The van der Waals surface area contributed by atoms with E-state index < -0.39 is 0 Å². The first-order chi connectivity index (χ1) is 13.7. The molecule has 1 aliphatic rings. The quantitative estimate of drug-likeness (QED) is 0.547. The van der Waals surface area contributed by atoms with Crippen LogP contribution in [-0.4, -0.2) is 32.8 Å². The summed E-state index contributed by atoms with van der Waals surface area (Å²) in [5.41, 5.74) is 2.33. The van der Waals surface area contributed by atoms with E-state index in [2.05, 4.69) is 18.2 Å². The third-order valence-corrected chi connectivity index (χ3v) is 5.29. The molecule has 0 aliphatic carbocycles. The first-order valence-electron chi connectivity index (χ1n) is 9.78. The molecule has 0 radical (unpaired) electrons. The van der Waals surface area contributed by atoms with Crippen molar-refractivity contribution in [1.29, 1.82) is 0 Å². The van der Waals surface area contributed by atoms with Crippen LogP contribution in [-0.2, 0) is 11.3 Å². The van der Waals surface area contributed by atoms with E-state index in [-0.39, 0.29) is 5.91 Å². The van der Waals surface area contributed by atoms with Gasteiger partial charge in [-0.25, -0.2) is 0 Å². The van der Waals surface area contributed by atoms with Crippen LogP contribution in [0, 0.1) is 0 Å². The summed E-state index contributed by atoms with van der Waals surface area (Å²) in [5, 5.41) is 4.00. The summed E-state index contributed by atoms with van der Waals surface area (Å²) in [4.78, 5) is 15.2. The number of fused-ring (bicyclic) bond motifs is 2. The second kappa shape index (κ2) is 7.32. The van der Waals surface area contributed by atoms with Gasteiger partial charge in [0, 0.05) is 23.9 Å². The van der Waals surface area contributed by atoms with Gasteiger partial charge in [0.15, 0.2) is 0 Å². The molecule has 5 nitrogen and oxygen atoms in total. The standard InChI is InChI=1S/C23H25NO4/c1-5-24-17-12-14-10-8-9-11-15(14)18-19(17)20(23(24)25)22(28-7-3)16(13-27-6-2)21(18)26-4/h8-12H,5-7,13H2,1-4H3. The van der Waals surface area contributed by atoms with Crippen LogP contribution in [0.25, 0.3) is 21.5 Å². The maximum Gasteiger partial charge on any atom is 0.262 e. The maximum atomic E-state index is 13.4. The van der Waals surface area contributed by atoms with E-state index in [1.807, 2.05) is 37.8 Å². The average molecular weight is 379 g/mol. The van der Waals surface area contributed by atoms with Crippen molar-refractivity contribution in [1.82, 2.24) is 0 Å². The van der Waals surface area contributed by atoms with E-state index in [1.165, 1.54) is 0 Å². The summed E-state index contributed by atoms with van der Waals surface area (Å²) in [7, 11) is 1.67. The lowest BCUT2D eigenvalue weighted by Crippen LogP contribution is -2.26. The molecule has 3 aromatic carbocycles. The smallest absolute Gasteiger partial charge is 0.262 e. The van der Waals surface area contributed by atoms with E-state index in [0.717, 1.165) is 38.5 Å². The highest BCUT2D eigenvalue weighted by molar-refractivity contribution is 6.32. The zero-order valence-electron chi connectivity index (χ0n) is 16.8. The Hall–Kier alpha value is -2.79. The minimum absolute atomic E-state index is 0.0262. The Kier molecular flexibility index (Phi) is 4.85. The molecular formula is C23H25NO4. The first kappa shape index (κ1) is 18.6. The van der Waals surface area contributed by atoms with Crippen molar-refractivity contribution >= 4 is 33.1 Å². The topological polar surface area (TPSA) is 48.0 Å². The van der Waals surface area contributed by atoms with Crippen molar-refractivity contribution in [3.05, 3.63) is 41.5 Å². The number of rotatable bonds is 7. The Bertz CT molecular complexity index is 1070. The molecule has 28 heavy (non-hydrogen) atoms. The lowest BCUT2D eigenvalue weighted by atomic mass is 9.94. The van der Waals surface area contributed by atoms with Crippen LogP contribution >= 0.6 is 0 Å². The van der Waals surface area contributed by atoms with Crippen molar-refractivity contribution in [3.63, 3.8) is 0 Å². The summed E-state index contributed by atoms with van der Waals surface area (Å²) in [6, 6.07) is 10.3. The van der Waals surface area contributed by atoms with Crippen LogP contribution in [0.4, 0.5) is 5.69 Å². The van der Waals surface area contributed by atoms with E-state index in [9.17, 15) is 4.79 Å². The van der Waals surface area contributed by atoms with Gasteiger partial charge < -0.3 is 19.1 Å². The molecule has 5 heteroatoms. The average Bonchev–Trinajstić information content (AvgIpc) is 2.99. The zero-order chi connectivity index (χ0) is 19.8. The predicted molar refractivity (Wildman–Crippen MR) is 112 cm³/mol. The van der Waals surface area contributed by atoms with E-state index in [1.54, 1.807) is 7.11 Å². The van der Waals surface area contributed by atoms with Crippen molar-refractivity contribution < 1.29 is 19.0 Å². The van der Waals surface area contributed by atoms with Crippen LogP contribution in [0.1, 0.15) is 36.7 Å². The number of amides is 1. The number of methoxy groups -OCH3 is 1. The SMILES string of the molecule is CCOCc1c(OCC)c2c3c(cc4ccccc4c3c1OC)N(CC)C2=O. The number of hydrogen-bond donors (Lipinski definition) is 0. The number of benzene rings is 3. The molecule has 0 saturated carbocycles. The van der Waals surface area contributed by atoms with Gasteiger partial charge in [0.1, 0.15) is 11.5 Å². The van der Waals surface area contributed by atoms with Crippen LogP contribution in [0.2, 0.25) is 0 Å². The molecule has 0 spiro atoms. The Balaban J connectivity index is 2.22. The van der Waals surface area contributed by atoms with Crippen LogP contribution in [0.5, 0.6) is 11.5 Å². The molecule has 4 rings (SSSR count). The fourth-order valence-corrected chi connectivity index (χ4v) is 4.18. The Morgan fingerprint density at radius 3 is 2.46 bits per heavy atom. The Morgan fingerprint density at radius 1 is 1.00 bits per heavy atom. The molecule has 0 bridgehead atoms. The molecule has 1 aliphatic heterocycles. The fraction of sp³-hybridized carbons (Fsp3) is 0.348. The monoisotopic (exact) mass is 379 g/mol. The summed E-state index contributed by atoms with van der Waals surface area (Å²) >= 11 is 0. The minimum Gasteiger partial charge on any atom is -0.496 e. The third-order valence-electron chi connectivity index (χ3n) is 5.29. The van der Waals surface area contributed by atoms with E-state index in [0.29, 0.717) is 37.7 Å². The molecule has 3 aromatic rings. The summed E-state index contributed by atoms with van der Waals surface area (Å²) in [6.07, 6.45) is 0. The van der Waals surface area contributed by atoms with Crippen molar-refractivity contribution in [2.24, 2.45) is 0 Å². The molecule has 1 amide bonds. The number of carbonyl (C=O) groups is 1. The second-order valence-corrected chi connectivity index (χ2v) is 6.70. The summed E-state index contributed by atoms with van der Waals surface area (Å²) < 4.78 is 17.6.